The van der Waals surface area contributed by atoms with Crippen molar-refractivity contribution in [1.29, 1.82) is 0 Å². The number of nitrogens with one attached hydrogen (secondary N) is 2. The van der Waals surface area contributed by atoms with Crippen LogP contribution in [0.1, 0.15) is 56.6 Å². The summed E-state index contributed by atoms with van der Waals surface area (Å²) < 4.78 is 41.5. The van der Waals surface area contributed by atoms with Gasteiger partial charge in [-0.25, -0.2) is 13.2 Å². The van der Waals surface area contributed by atoms with E-state index in [4.69, 9.17) is 26.2 Å². The first kappa shape index (κ1) is 40.8. The molecule has 2 aromatic carbocycles. The van der Waals surface area contributed by atoms with Crippen LogP contribution < -0.4 is 15.4 Å². The maximum absolute atomic E-state index is 13.7. The average molecular weight is 777 g/mol. The first-order chi connectivity index (χ1) is 25.4. The molecule has 1 aromatic heterocycles. The lowest BCUT2D eigenvalue weighted by Gasteiger charge is -2.25. The lowest BCUT2D eigenvalue weighted by atomic mass is 9.96. The third-order valence-corrected chi connectivity index (χ3v) is 11.8. The predicted octanol–water partition coefficient (Wildman–Crippen LogP) is 2.68. The monoisotopic (exact) mass is 776 g/mol. The molecule has 2 fully saturated rings. The molecule has 0 spiro atoms. The molecule has 0 unspecified atom stereocenters. The molecule has 14 nitrogen and oxygen atoms in total. The van der Waals surface area contributed by atoms with Crippen molar-refractivity contribution in [3.63, 3.8) is 0 Å². The SMILES string of the molecule is CCN(CCCCNC(=O)NC[C@H](O)[C@@H](O)[C@H](O)[C@H](O)CO)S(=O)(=O)c1ccc(Cl)c(COC2(c3cnccc3-c3ccccc3OC3CC3)CC2)c1. The zero-order chi connectivity index (χ0) is 38.2. The number of benzene rings is 2. The van der Waals surface area contributed by atoms with E-state index in [2.05, 4.69) is 15.6 Å². The normalized spacial score (nSPS) is 17.5. The Balaban J connectivity index is 1.14. The van der Waals surface area contributed by atoms with Gasteiger partial charge in [0.2, 0.25) is 10.0 Å². The van der Waals surface area contributed by atoms with Crippen LogP contribution in [0.5, 0.6) is 5.75 Å². The minimum absolute atomic E-state index is 0.0929. The van der Waals surface area contributed by atoms with Crippen molar-refractivity contribution >= 4 is 27.7 Å². The Hall–Kier alpha value is -3.38. The van der Waals surface area contributed by atoms with Crippen LogP contribution in [0, 0.1) is 0 Å². The molecule has 3 aromatic rings. The molecule has 2 amide bonds. The second-order valence-electron chi connectivity index (χ2n) is 13.4. The number of aliphatic hydroxyl groups excluding tert-OH is 5. The van der Waals surface area contributed by atoms with E-state index < -0.39 is 59.2 Å². The number of urea groups is 1. The number of unbranched alkanes of at least 4 members (excludes halogenated alkanes) is 1. The topological polar surface area (TPSA) is 211 Å². The summed E-state index contributed by atoms with van der Waals surface area (Å²) in [5.41, 5.74) is 2.85. The fourth-order valence-electron chi connectivity index (χ4n) is 5.95. The summed E-state index contributed by atoms with van der Waals surface area (Å²) in [6, 6.07) is 13.9. The second-order valence-corrected chi connectivity index (χ2v) is 15.8. The average Bonchev–Trinajstić information content (AvgIpc) is 4.11. The van der Waals surface area contributed by atoms with Crippen molar-refractivity contribution in [3.8, 4) is 16.9 Å². The maximum atomic E-state index is 13.7. The molecule has 4 atom stereocenters. The highest BCUT2D eigenvalue weighted by Crippen LogP contribution is 2.53. The number of ether oxygens (including phenoxy) is 2. The molecule has 7 N–H and O–H groups in total. The number of amides is 2. The van der Waals surface area contributed by atoms with Crippen LogP contribution in [0.15, 0.2) is 65.8 Å². The lowest BCUT2D eigenvalue weighted by Crippen LogP contribution is -2.50. The van der Waals surface area contributed by atoms with Crippen molar-refractivity contribution in [2.75, 3.05) is 32.8 Å². The third kappa shape index (κ3) is 10.4. The van der Waals surface area contributed by atoms with E-state index in [0.717, 1.165) is 48.1 Å². The van der Waals surface area contributed by atoms with Crippen molar-refractivity contribution in [1.82, 2.24) is 19.9 Å². The van der Waals surface area contributed by atoms with E-state index in [9.17, 15) is 33.6 Å². The quantitative estimate of drug-likeness (QED) is 0.0782. The molecule has 0 saturated heterocycles. The van der Waals surface area contributed by atoms with Gasteiger partial charge < -0.3 is 45.6 Å². The van der Waals surface area contributed by atoms with Gasteiger partial charge in [-0.1, -0.05) is 36.7 Å². The molecule has 1 heterocycles. The van der Waals surface area contributed by atoms with Crippen LogP contribution >= 0.6 is 11.6 Å². The Morgan fingerprint density at radius 2 is 1.75 bits per heavy atom. The highest BCUT2D eigenvalue weighted by atomic mass is 35.5. The molecule has 290 valence electrons. The van der Waals surface area contributed by atoms with E-state index in [1.807, 2.05) is 36.5 Å². The van der Waals surface area contributed by atoms with Gasteiger partial charge >= 0.3 is 6.03 Å². The smallest absolute Gasteiger partial charge is 0.314 e. The van der Waals surface area contributed by atoms with Crippen LogP contribution in [-0.2, 0) is 27.0 Å². The van der Waals surface area contributed by atoms with Crippen molar-refractivity contribution < 1.29 is 48.2 Å². The highest BCUT2D eigenvalue weighted by Gasteiger charge is 2.48. The van der Waals surface area contributed by atoms with Gasteiger partial charge in [-0.05, 0) is 80.0 Å². The van der Waals surface area contributed by atoms with Gasteiger partial charge in [-0.2, -0.15) is 4.31 Å². The molecular formula is C37H49ClN4O10S. The summed E-state index contributed by atoms with van der Waals surface area (Å²) in [7, 11) is -3.89. The Bertz CT molecular complexity index is 1790. The van der Waals surface area contributed by atoms with E-state index in [1.165, 1.54) is 10.4 Å². The molecule has 2 aliphatic rings. The Morgan fingerprint density at radius 3 is 2.45 bits per heavy atom. The number of para-hydroxylation sites is 1. The molecule has 0 bridgehead atoms. The standard InChI is InChI=1S/C37H49ClN4O10S/c1-2-42(18-6-5-16-40-36(48)41-21-31(44)34(46)35(47)32(45)22-43)53(49,50)26-11-12-30(38)24(19-26)23-51-37(14-15-37)29-20-39-17-13-27(29)28-7-3-4-8-33(28)52-25-9-10-25/h3-4,7-8,11-13,17,19-20,25,31-32,34-35,43-47H,2,5-6,9-10,14-16,18,21-23H2,1H3,(H2,40,41,48)/t31-,32+,34+,35+/m0/s1. The van der Waals surface area contributed by atoms with Crippen LogP contribution in [0.4, 0.5) is 4.79 Å². The number of hydrogen-bond donors (Lipinski definition) is 7. The number of rotatable bonds is 21. The number of carbonyl (C=O) groups excluding carboxylic acids is 1. The zero-order valence-electron chi connectivity index (χ0n) is 29.6. The fraction of sp³-hybridized carbons (Fsp3) is 0.514. The number of pyridine rings is 1. The van der Waals surface area contributed by atoms with Crippen molar-refractivity contribution in [2.24, 2.45) is 0 Å². The Kier molecular flexibility index (Phi) is 14.1. The molecule has 16 heteroatoms. The van der Waals surface area contributed by atoms with Crippen molar-refractivity contribution in [3.05, 3.63) is 77.1 Å². The molecule has 0 radical (unpaired) electrons. The summed E-state index contributed by atoms with van der Waals surface area (Å²) >= 11 is 6.58. The maximum Gasteiger partial charge on any atom is 0.314 e. The van der Waals surface area contributed by atoms with E-state index in [0.29, 0.717) is 23.4 Å². The van der Waals surface area contributed by atoms with Gasteiger partial charge in [0, 0.05) is 54.7 Å². The van der Waals surface area contributed by atoms with Gasteiger partial charge in [0.1, 0.15) is 24.1 Å². The van der Waals surface area contributed by atoms with Crippen LogP contribution in [0.2, 0.25) is 5.02 Å². The van der Waals surface area contributed by atoms with Gasteiger partial charge in [0.15, 0.2) is 0 Å². The summed E-state index contributed by atoms with van der Waals surface area (Å²) in [6.07, 6.45) is 1.53. The number of nitrogens with zero attached hydrogens (tertiary/aromatic N) is 2. The summed E-state index contributed by atoms with van der Waals surface area (Å²) in [5, 5.41) is 53.1. The highest BCUT2D eigenvalue weighted by molar-refractivity contribution is 7.89. The molecule has 2 saturated carbocycles. The Labute approximate surface area is 314 Å². The molecule has 53 heavy (non-hydrogen) atoms. The molecule has 5 rings (SSSR count). The minimum Gasteiger partial charge on any atom is -0.490 e. The number of hydrogen-bond acceptors (Lipinski definition) is 11. The van der Waals surface area contributed by atoms with Gasteiger partial charge in [-0.3, -0.25) is 4.98 Å². The number of carbonyl (C=O) groups is 1. The molecule has 0 aliphatic heterocycles. The van der Waals surface area contributed by atoms with E-state index in [-0.39, 0.29) is 37.2 Å². The first-order valence-corrected chi connectivity index (χ1v) is 19.7. The summed E-state index contributed by atoms with van der Waals surface area (Å²) in [6.45, 7) is 1.23. The lowest BCUT2D eigenvalue weighted by molar-refractivity contribution is -0.113. The number of sulfonamides is 1. The number of aliphatic hydroxyl groups is 5. The first-order valence-electron chi connectivity index (χ1n) is 17.9. The number of halogens is 1. The van der Waals surface area contributed by atoms with Crippen LogP contribution in [0.25, 0.3) is 11.1 Å². The fourth-order valence-corrected chi connectivity index (χ4v) is 7.66. The minimum atomic E-state index is -3.89. The zero-order valence-corrected chi connectivity index (χ0v) is 31.2. The second kappa shape index (κ2) is 18.3. The number of aromatic nitrogens is 1. The van der Waals surface area contributed by atoms with Gasteiger partial charge in [-0.15, -0.1) is 0 Å². The van der Waals surface area contributed by atoms with E-state index >= 15 is 0 Å². The van der Waals surface area contributed by atoms with Gasteiger partial charge in [0.25, 0.3) is 0 Å². The summed E-state index contributed by atoms with van der Waals surface area (Å²) in [5.74, 6) is 0.825. The molecular weight excluding hydrogens is 728 g/mol. The third-order valence-electron chi connectivity index (χ3n) is 9.44. The largest absolute Gasteiger partial charge is 0.490 e. The van der Waals surface area contributed by atoms with Crippen LogP contribution in [-0.4, -0.2) is 113 Å². The van der Waals surface area contributed by atoms with E-state index in [1.54, 1.807) is 25.3 Å². The van der Waals surface area contributed by atoms with Crippen LogP contribution in [0.3, 0.4) is 0 Å². The van der Waals surface area contributed by atoms with Gasteiger partial charge in [0.05, 0.1) is 35.9 Å². The predicted molar refractivity (Wildman–Crippen MR) is 197 cm³/mol. The Morgan fingerprint density at radius 1 is 1.02 bits per heavy atom. The molecule has 2 aliphatic carbocycles. The summed E-state index contributed by atoms with van der Waals surface area (Å²) in [4.78, 5) is 16.6. The van der Waals surface area contributed by atoms with Crippen molar-refractivity contribution in [2.45, 2.75) is 93.1 Å².